The Hall–Kier alpha value is -1.60. The van der Waals surface area contributed by atoms with Gasteiger partial charge in [-0.15, -0.1) is 0 Å². The van der Waals surface area contributed by atoms with Gasteiger partial charge in [0.25, 0.3) is 0 Å². The number of aromatic nitrogens is 2. The first-order valence-corrected chi connectivity index (χ1v) is 6.47. The Morgan fingerprint density at radius 3 is 2.37 bits per heavy atom. The summed E-state index contributed by atoms with van der Waals surface area (Å²) >= 11 is 0. The Kier molecular flexibility index (Phi) is 5.78. The Labute approximate surface area is 113 Å². The van der Waals surface area contributed by atoms with Crippen molar-refractivity contribution in [2.75, 3.05) is 36.1 Å². The summed E-state index contributed by atoms with van der Waals surface area (Å²) in [4.78, 5) is 8.13. The van der Waals surface area contributed by atoms with Crippen molar-refractivity contribution in [3.63, 3.8) is 0 Å². The van der Waals surface area contributed by atoms with Crippen molar-refractivity contribution in [1.82, 2.24) is 9.97 Å². The van der Waals surface area contributed by atoms with Crippen LogP contribution < -0.4 is 16.4 Å². The van der Waals surface area contributed by atoms with E-state index in [2.05, 4.69) is 27.5 Å². The molecule has 1 rings (SSSR count). The molecule has 7 nitrogen and oxygen atoms in total. The maximum Gasteiger partial charge on any atom is 0.223 e. The summed E-state index contributed by atoms with van der Waals surface area (Å²) in [5.74, 6) is 1.25. The number of nitrogens with one attached hydrogen (secondary N) is 2. The van der Waals surface area contributed by atoms with Crippen molar-refractivity contribution in [3.8, 4) is 0 Å². The van der Waals surface area contributed by atoms with E-state index in [0.29, 0.717) is 18.1 Å². The van der Waals surface area contributed by atoms with Gasteiger partial charge in [-0.25, -0.2) is 0 Å². The van der Waals surface area contributed by atoms with Crippen LogP contribution in [0, 0.1) is 0 Å². The SMILES string of the molecule is CCCNc1cc(NC(CC)(CO)CO)nc(N)n1. The highest BCUT2D eigenvalue weighted by Crippen LogP contribution is 2.19. The molecule has 0 spiro atoms. The third-order valence-corrected chi connectivity index (χ3v) is 2.97. The van der Waals surface area contributed by atoms with Crippen molar-refractivity contribution in [2.45, 2.75) is 32.2 Å². The number of rotatable bonds is 8. The highest BCUT2D eigenvalue weighted by Gasteiger charge is 2.27. The van der Waals surface area contributed by atoms with Crippen LogP contribution in [0.4, 0.5) is 17.6 Å². The number of nitrogens with zero attached hydrogens (tertiary/aromatic N) is 2. The molecule has 0 aliphatic rings. The predicted molar refractivity (Wildman–Crippen MR) is 76.0 cm³/mol. The minimum absolute atomic E-state index is 0.143. The standard InChI is InChI=1S/C12H23N5O2/c1-3-5-14-9-6-10(16-11(13)15-9)17-12(4-2,7-18)8-19/h6,18-19H,3-5,7-8H2,1-2H3,(H4,13,14,15,16,17). The molecule has 0 aliphatic carbocycles. The number of aliphatic hydroxyl groups is 2. The molecule has 0 unspecified atom stereocenters. The van der Waals surface area contributed by atoms with E-state index in [1.54, 1.807) is 6.07 Å². The number of nitrogen functional groups attached to an aromatic ring is 1. The van der Waals surface area contributed by atoms with Crippen molar-refractivity contribution >= 4 is 17.6 Å². The van der Waals surface area contributed by atoms with Crippen LogP contribution in [0.1, 0.15) is 26.7 Å². The van der Waals surface area contributed by atoms with Crippen molar-refractivity contribution in [1.29, 1.82) is 0 Å². The molecule has 0 aromatic carbocycles. The summed E-state index contributed by atoms with van der Waals surface area (Å²) in [6, 6.07) is 1.71. The summed E-state index contributed by atoms with van der Waals surface area (Å²) in [6.07, 6.45) is 1.53. The van der Waals surface area contributed by atoms with Crippen molar-refractivity contribution in [3.05, 3.63) is 6.07 Å². The van der Waals surface area contributed by atoms with Gasteiger partial charge in [0, 0.05) is 12.6 Å². The van der Waals surface area contributed by atoms with Gasteiger partial charge in [-0.2, -0.15) is 9.97 Å². The van der Waals surface area contributed by atoms with Gasteiger partial charge in [0.2, 0.25) is 5.95 Å². The quantitative estimate of drug-likeness (QED) is 0.464. The molecule has 0 amide bonds. The first-order chi connectivity index (χ1) is 9.09. The lowest BCUT2D eigenvalue weighted by Gasteiger charge is -2.30. The van der Waals surface area contributed by atoms with Crippen molar-refractivity contribution < 1.29 is 10.2 Å². The molecular formula is C12H23N5O2. The number of hydrogen-bond donors (Lipinski definition) is 5. The number of hydrogen-bond acceptors (Lipinski definition) is 7. The van der Waals surface area contributed by atoms with Gasteiger partial charge >= 0.3 is 0 Å². The van der Waals surface area contributed by atoms with Crippen LogP contribution in [0.25, 0.3) is 0 Å². The third-order valence-electron chi connectivity index (χ3n) is 2.97. The Balaban J connectivity index is 2.90. The van der Waals surface area contributed by atoms with Gasteiger partial charge in [-0.05, 0) is 12.8 Å². The lowest BCUT2D eigenvalue weighted by atomic mass is 9.98. The van der Waals surface area contributed by atoms with Gasteiger partial charge in [0.1, 0.15) is 11.6 Å². The average Bonchev–Trinajstić information content (AvgIpc) is 2.42. The smallest absolute Gasteiger partial charge is 0.223 e. The van der Waals surface area contributed by atoms with E-state index in [1.807, 2.05) is 6.92 Å². The second kappa shape index (κ2) is 7.10. The Morgan fingerprint density at radius 1 is 1.21 bits per heavy atom. The molecule has 1 aromatic heterocycles. The summed E-state index contributed by atoms with van der Waals surface area (Å²) in [5, 5.41) is 25.0. The molecule has 7 heteroatoms. The number of aliphatic hydroxyl groups excluding tert-OH is 2. The van der Waals surface area contributed by atoms with Gasteiger partial charge in [0.15, 0.2) is 0 Å². The lowest BCUT2D eigenvalue weighted by molar-refractivity contribution is 0.132. The zero-order valence-corrected chi connectivity index (χ0v) is 11.5. The Morgan fingerprint density at radius 2 is 1.84 bits per heavy atom. The topological polar surface area (TPSA) is 116 Å². The zero-order valence-electron chi connectivity index (χ0n) is 11.5. The molecule has 1 heterocycles. The summed E-state index contributed by atoms with van der Waals surface area (Å²) < 4.78 is 0. The second-order valence-electron chi connectivity index (χ2n) is 4.50. The lowest BCUT2D eigenvalue weighted by Crippen LogP contribution is -2.45. The molecular weight excluding hydrogens is 246 g/mol. The summed E-state index contributed by atoms with van der Waals surface area (Å²) in [7, 11) is 0. The maximum atomic E-state index is 9.41. The molecule has 0 radical (unpaired) electrons. The summed E-state index contributed by atoms with van der Waals surface area (Å²) in [6.45, 7) is 4.33. The molecule has 0 bridgehead atoms. The van der Waals surface area contributed by atoms with Gasteiger partial charge in [0.05, 0.1) is 18.8 Å². The van der Waals surface area contributed by atoms with Crippen LogP contribution >= 0.6 is 0 Å². The first kappa shape index (κ1) is 15.5. The average molecular weight is 269 g/mol. The van der Waals surface area contributed by atoms with Crippen LogP contribution in [0.2, 0.25) is 0 Å². The van der Waals surface area contributed by atoms with Crippen LogP contribution in [0.3, 0.4) is 0 Å². The number of anilines is 3. The third kappa shape index (κ3) is 4.22. The molecule has 0 saturated carbocycles. The fraction of sp³-hybridized carbons (Fsp3) is 0.667. The van der Waals surface area contributed by atoms with E-state index in [1.165, 1.54) is 0 Å². The van der Waals surface area contributed by atoms with E-state index in [4.69, 9.17) is 5.73 Å². The molecule has 108 valence electrons. The molecule has 0 fully saturated rings. The Bertz CT molecular complexity index is 387. The summed E-state index contributed by atoms with van der Waals surface area (Å²) in [5.41, 5.74) is 4.84. The molecule has 0 atom stereocenters. The van der Waals surface area contributed by atoms with Gasteiger partial charge in [-0.1, -0.05) is 13.8 Å². The van der Waals surface area contributed by atoms with Crippen molar-refractivity contribution in [2.24, 2.45) is 0 Å². The van der Waals surface area contributed by atoms with Crippen LogP contribution in [0.15, 0.2) is 6.07 Å². The highest BCUT2D eigenvalue weighted by molar-refractivity contribution is 5.52. The van der Waals surface area contributed by atoms with E-state index >= 15 is 0 Å². The van der Waals surface area contributed by atoms with Gasteiger partial charge in [-0.3, -0.25) is 0 Å². The fourth-order valence-electron chi connectivity index (χ4n) is 1.59. The number of nitrogens with two attached hydrogens (primary N) is 1. The normalized spacial score (nSPS) is 11.4. The largest absolute Gasteiger partial charge is 0.394 e. The molecule has 0 saturated heterocycles. The van der Waals surface area contributed by atoms with E-state index in [-0.39, 0.29) is 19.2 Å². The van der Waals surface area contributed by atoms with Crippen LogP contribution in [0.5, 0.6) is 0 Å². The van der Waals surface area contributed by atoms with Crippen LogP contribution in [-0.2, 0) is 0 Å². The second-order valence-corrected chi connectivity index (χ2v) is 4.50. The molecule has 19 heavy (non-hydrogen) atoms. The van der Waals surface area contributed by atoms with E-state index in [0.717, 1.165) is 13.0 Å². The fourth-order valence-corrected chi connectivity index (χ4v) is 1.59. The minimum Gasteiger partial charge on any atom is -0.394 e. The zero-order chi connectivity index (χ0) is 14.3. The van der Waals surface area contributed by atoms with Crippen LogP contribution in [-0.4, -0.2) is 45.5 Å². The molecule has 6 N–H and O–H groups in total. The monoisotopic (exact) mass is 269 g/mol. The first-order valence-electron chi connectivity index (χ1n) is 6.47. The minimum atomic E-state index is -0.803. The van der Waals surface area contributed by atoms with Gasteiger partial charge < -0.3 is 26.6 Å². The molecule has 0 aliphatic heterocycles. The highest BCUT2D eigenvalue weighted by atomic mass is 16.3. The maximum absolute atomic E-state index is 9.41. The van der Waals surface area contributed by atoms with E-state index < -0.39 is 5.54 Å². The van der Waals surface area contributed by atoms with E-state index in [9.17, 15) is 10.2 Å². The predicted octanol–water partition coefficient (Wildman–Crippen LogP) is 0.426. The molecule has 1 aromatic rings.